The Balaban J connectivity index is 0.00000140. The maximum absolute atomic E-state index is 4.64. The molecule has 0 aliphatic carbocycles. The van der Waals surface area contributed by atoms with Crippen LogP contribution >= 0.6 is 11.3 Å². The van der Waals surface area contributed by atoms with Gasteiger partial charge in [0.1, 0.15) is 37.3 Å². The van der Waals surface area contributed by atoms with E-state index in [1.165, 1.54) is 39.6 Å². The molecule has 0 saturated carbocycles. The molecular formula is C21H26Cl2N4S. The fraction of sp³-hybridized carbons (Fsp3) is 0.333. The molecule has 0 unspecified atom stereocenters. The summed E-state index contributed by atoms with van der Waals surface area (Å²) in [5, 5.41) is 1.26. The number of quaternary nitrogens is 2. The number of thiophene rings is 1. The van der Waals surface area contributed by atoms with Gasteiger partial charge in [0.15, 0.2) is 0 Å². The molecule has 4 rings (SSSR count). The molecule has 0 amide bonds. The molecule has 4 nitrogen and oxygen atoms in total. The van der Waals surface area contributed by atoms with Crippen LogP contribution in [0.15, 0.2) is 48.8 Å². The van der Waals surface area contributed by atoms with Gasteiger partial charge in [0.2, 0.25) is 5.82 Å². The van der Waals surface area contributed by atoms with Gasteiger partial charge < -0.3 is 29.7 Å². The largest absolute Gasteiger partial charge is 1.00 e. The molecule has 0 atom stereocenters. The topological polar surface area (TPSA) is 34.7 Å². The fourth-order valence-corrected chi connectivity index (χ4v) is 4.57. The Bertz CT molecular complexity index is 890. The highest BCUT2D eigenvalue weighted by Gasteiger charge is 2.27. The van der Waals surface area contributed by atoms with E-state index in [1.807, 2.05) is 0 Å². The van der Waals surface area contributed by atoms with Gasteiger partial charge in [0.25, 0.3) is 0 Å². The van der Waals surface area contributed by atoms with E-state index < -0.39 is 0 Å². The van der Waals surface area contributed by atoms with Crippen LogP contribution in [0.25, 0.3) is 16.3 Å². The van der Waals surface area contributed by atoms with Crippen molar-refractivity contribution in [3.05, 3.63) is 59.2 Å². The third-order valence-corrected chi connectivity index (χ3v) is 6.33. The molecule has 150 valence electrons. The molecule has 7 heteroatoms. The quantitative estimate of drug-likeness (QED) is 0.422. The zero-order valence-electron chi connectivity index (χ0n) is 16.0. The minimum Gasteiger partial charge on any atom is -1.00 e. The fourth-order valence-electron chi connectivity index (χ4n) is 3.63. The molecule has 1 aromatic carbocycles. The maximum Gasteiger partial charge on any atom is 0.238 e. The summed E-state index contributed by atoms with van der Waals surface area (Å²) < 4.78 is 0. The Morgan fingerprint density at radius 3 is 2.50 bits per heavy atom. The Morgan fingerprint density at radius 1 is 1.04 bits per heavy atom. The summed E-state index contributed by atoms with van der Waals surface area (Å²) in [5.74, 6) is 1.20. The lowest BCUT2D eigenvalue weighted by Crippen LogP contribution is -3.26. The predicted molar refractivity (Wildman–Crippen MR) is 108 cm³/mol. The van der Waals surface area contributed by atoms with Gasteiger partial charge in [-0.1, -0.05) is 43.3 Å². The lowest BCUT2D eigenvalue weighted by molar-refractivity contribution is -0.983. The first-order valence-corrected chi connectivity index (χ1v) is 10.3. The normalized spacial score (nSPS) is 19.3. The lowest BCUT2D eigenvalue weighted by atomic mass is 10.2. The summed E-state index contributed by atoms with van der Waals surface area (Å²) in [4.78, 5) is 14.8. The van der Waals surface area contributed by atoms with Crippen molar-refractivity contribution in [1.82, 2.24) is 9.97 Å². The summed E-state index contributed by atoms with van der Waals surface area (Å²) in [6.07, 6.45) is 7.35. The van der Waals surface area contributed by atoms with Gasteiger partial charge in [-0.05, 0) is 24.1 Å². The Labute approximate surface area is 183 Å². The molecule has 3 aromatic rings. The van der Waals surface area contributed by atoms with Gasteiger partial charge >= 0.3 is 0 Å². The number of nitrogens with one attached hydrogen (secondary N) is 2. The van der Waals surface area contributed by atoms with Crippen LogP contribution in [0.1, 0.15) is 17.4 Å². The Kier molecular flexibility index (Phi) is 8.86. The van der Waals surface area contributed by atoms with Gasteiger partial charge in [-0.3, -0.25) is 4.90 Å². The number of hydrogen-bond donors (Lipinski definition) is 2. The monoisotopic (exact) mass is 436 g/mol. The van der Waals surface area contributed by atoms with E-state index in [-0.39, 0.29) is 24.8 Å². The number of benzene rings is 1. The minimum absolute atomic E-state index is 0. The molecule has 2 N–H and O–H groups in total. The number of aryl methyl sites for hydroxylation is 1. The van der Waals surface area contributed by atoms with E-state index in [4.69, 9.17) is 0 Å². The second-order valence-corrected chi connectivity index (χ2v) is 7.99. The smallest absolute Gasteiger partial charge is 0.238 e. The molecule has 1 aliphatic heterocycles. The van der Waals surface area contributed by atoms with E-state index in [9.17, 15) is 0 Å². The number of aromatic nitrogens is 2. The van der Waals surface area contributed by atoms with Crippen LogP contribution in [-0.4, -0.2) is 42.7 Å². The standard InChI is InChI=1S/C21H24N4S.2ClH/c1-2-18-15-19-20(22-16-23-21(19)26-18)25-13-11-24(12-14-25)10-6-9-17-7-4-3-5-8-17;;/h3-9,15-16H,2,10-14H2,1H3;2*1H/b9-6+;;. The highest BCUT2D eigenvalue weighted by Crippen LogP contribution is 2.26. The number of rotatable bonds is 5. The van der Waals surface area contributed by atoms with Crippen LogP contribution < -0.4 is 34.6 Å². The zero-order chi connectivity index (χ0) is 17.8. The summed E-state index contributed by atoms with van der Waals surface area (Å²) in [5.41, 5.74) is 1.28. The van der Waals surface area contributed by atoms with Crippen molar-refractivity contribution in [2.75, 3.05) is 32.7 Å². The zero-order valence-corrected chi connectivity index (χ0v) is 18.3. The Hall–Kier alpha value is -1.50. The third-order valence-electron chi connectivity index (χ3n) is 5.14. The van der Waals surface area contributed by atoms with Gasteiger partial charge in [-0.15, -0.1) is 11.3 Å². The molecule has 0 spiro atoms. The van der Waals surface area contributed by atoms with E-state index in [0.29, 0.717) is 0 Å². The average Bonchev–Trinajstić information content (AvgIpc) is 3.13. The van der Waals surface area contributed by atoms with Crippen molar-refractivity contribution >= 4 is 33.4 Å². The van der Waals surface area contributed by atoms with Crippen LogP contribution in [0.4, 0.5) is 5.82 Å². The molecule has 2 aromatic heterocycles. The van der Waals surface area contributed by atoms with Gasteiger partial charge in [0, 0.05) is 4.88 Å². The SMILES string of the molecule is CCc1cc2c([NH+]3CC[NH+](C/C=C/c4ccccc4)CC3)ncnc2s1.[Cl-].[Cl-]. The van der Waals surface area contributed by atoms with E-state index in [2.05, 4.69) is 65.4 Å². The van der Waals surface area contributed by atoms with Gasteiger partial charge in [-0.2, -0.15) is 4.98 Å². The molecule has 0 bridgehead atoms. The molecule has 1 fully saturated rings. The van der Waals surface area contributed by atoms with Crippen molar-refractivity contribution < 1.29 is 34.6 Å². The molecule has 3 heterocycles. The lowest BCUT2D eigenvalue weighted by Gasteiger charge is -2.28. The van der Waals surface area contributed by atoms with Crippen LogP contribution in [0.5, 0.6) is 0 Å². The highest BCUT2D eigenvalue weighted by atomic mass is 35.5. The van der Waals surface area contributed by atoms with Gasteiger partial charge in [-0.25, -0.2) is 4.98 Å². The molecular weight excluding hydrogens is 411 g/mol. The number of fused-ring (bicyclic) bond motifs is 1. The maximum atomic E-state index is 4.64. The highest BCUT2D eigenvalue weighted by molar-refractivity contribution is 7.18. The summed E-state index contributed by atoms with van der Waals surface area (Å²) >= 11 is 1.81. The average molecular weight is 437 g/mol. The molecule has 28 heavy (non-hydrogen) atoms. The second kappa shape index (κ2) is 10.9. The van der Waals surface area contributed by atoms with Crippen LogP contribution in [0.3, 0.4) is 0 Å². The van der Waals surface area contributed by atoms with E-state index in [0.717, 1.165) is 30.9 Å². The number of piperazine rings is 1. The van der Waals surface area contributed by atoms with E-state index in [1.54, 1.807) is 22.6 Å². The van der Waals surface area contributed by atoms with Crippen molar-refractivity contribution in [3.63, 3.8) is 0 Å². The van der Waals surface area contributed by atoms with Crippen LogP contribution in [0.2, 0.25) is 0 Å². The van der Waals surface area contributed by atoms with Crippen molar-refractivity contribution in [2.24, 2.45) is 0 Å². The van der Waals surface area contributed by atoms with Crippen molar-refractivity contribution in [3.8, 4) is 0 Å². The third kappa shape index (κ3) is 5.31. The number of hydrogen-bond acceptors (Lipinski definition) is 3. The number of halogens is 2. The second-order valence-electron chi connectivity index (χ2n) is 6.88. The predicted octanol–water partition coefficient (Wildman–Crippen LogP) is -4.61. The molecule has 0 radical (unpaired) electrons. The summed E-state index contributed by atoms with van der Waals surface area (Å²) in [6.45, 7) is 7.95. The summed E-state index contributed by atoms with van der Waals surface area (Å²) in [6, 6.07) is 12.8. The van der Waals surface area contributed by atoms with Crippen molar-refractivity contribution in [2.45, 2.75) is 13.3 Å². The first-order valence-electron chi connectivity index (χ1n) is 9.47. The first kappa shape index (κ1) is 22.8. The van der Waals surface area contributed by atoms with Gasteiger partial charge in [0.05, 0.1) is 11.9 Å². The number of nitrogens with zero attached hydrogens (tertiary/aromatic N) is 2. The van der Waals surface area contributed by atoms with Crippen LogP contribution in [-0.2, 0) is 6.42 Å². The first-order chi connectivity index (χ1) is 12.8. The summed E-state index contributed by atoms with van der Waals surface area (Å²) in [7, 11) is 0. The van der Waals surface area contributed by atoms with Crippen molar-refractivity contribution in [1.29, 1.82) is 0 Å². The molecule has 1 saturated heterocycles. The Morgan fingerprint density at radius 2 is 1.79 bits per heavy atom. The molecule has 1 aliphatic rings. The van der Waals surface area contributed by atoms with Crippen LogP contribution in [0, 0.1) is 0 Å². The van der Waals surface area contributed by atoms with E-state index >= 15 is 0 Å². The minimum atomic E-state index is 0.